The normalized spacial score (nSPS) is 26.8. The molecule has 0 spiro atoms. The zero-order valence-corrected chi connectivity index (χ0v) is 38.8. The van der Waals surface area contributed by atoms with E-state index in [0.717, 1.165) is 0 Å². The van der Waals surface area contributed by atoms with Crippen LogP contribution >= 0.6 is 0 Å². The third-order valence-electron chi connectivity index (χ3n) is 12.6. The maximum atomic E-state index is 15.0. The van der Waals surface area contributed by atoms with E-state index in [9.17, 15) is 40.8 Å². The Kier molecular flexibility index (Phi) is 13.6. The lowest BCUT2D eigenvalue weighted by Crippen LogP contribution is -2.59. The molecular formula is C46H57F3N6O10S. The summed E-state index contributed by atoms with van der Waals surface area (Å²) in [6.07, 6.45) is -0.0337. The van der Waals surface area contributed by atoms with Crippen molar-refractivity contribution in [2.45, 2.75) is 133 Å². The number of benzene rings is 1. The van der Waals surface area contributed by atoms with E-state index in [4.69, 9.17) is 23.9 Å². The summed E-state index contributed by atoms with van der Waals surface area (Å²) in [5.74, 6) is -2.70. The quantitative estimate of drug-likeness (QED) is 0.180. The van der Waals surface area contributed by atoms with Gasteiger partial charge in [-0.25, -0.2) is 23.2 Å². The molecule has 0 unspecified atom stereocenters. The van der Waals surface area contributed by atoms with Gasteiger partial charge in [0.25, 0.3) is 5.91 Å². The fourth-order valence-corrected chi connectivity index (χ4v) is 9.88. The number of carbonyl (C=O) groups excluding carboxylic acids is 4. The number of nitrogens with one attached hydrogen (secondary N) is 3. The second-order valence-electron chi connectivity index (χ2n) is 18.7. The van der Waals surface area contributed by atoms with Crippen LogP contribution in [-0.2, 0) is 29.1 Å². The largest absolute Gasteiger partial charge is 0.497 e. The Labute approximate surface area is 381 Å². The van der Waals surface area contributed by atoms with Crippen LogP contribution in [0.4, 0.5) is 18.0 Å². The van der Waals surface area contributed by atoms with Crippen LogP contribution in [0.2, 0.25) is 0 Å². The molecular weight excluding hydrogens is 886 g/mol. The number of rotatable bonds is 11. The average molecular weight is 943 g/mol. The van der Waals surface area contributed by atoms with Crippen molar-refractivity contribution < 1.29 is 59.7 Å². The molecule has 66 heavy (non-hydrogen) atoms. The van der Waals surface area contributed by atoms with Crippen molar-refractivity contribution >= 4 is 44.6 Å². The van der Waals surface area contributed by atoms with E-state index in [1.54, 1.807) is 49.5 Å². The second-order valence-corrected chi connectivity index (χ2v) is 20.7. The molecule has 3 N–H and O–H groups in total. The number of methoxy groups -OCH3 is 1. The predicted molar refractivity (Wildman–Crippen MR) is 236 cm³/mol. The monoisotopic (exact) mass is 942 g/mol. The van der Waals surface area contributed by atoms with E-state index in [1.165, 1.54) is 12.0 Å². The van der Waals surface area contributed by atoms with Gasteiger partial charge < -0.3 is 34.5 Å². The summed E-state index contributed by atoms with van der Waals surface area (Å²) in [6.45, 7) is 8.50. The molecule has 358 valence electrons. The Morgan fingerprint density at radius 3 is 2.42 bits per heavy atom. The molecule has 2 aliphatic carbocycles. The number of ether oxygens (including phenoxy) is 4. The molecule has 1 aromatic carbocycles. The van der Waals surface area contributed by atoms with Crippen LogP contribution in [0.15, 0.2) is 54.7 Å². The number of carbonyl (C=O) groups is 4. The summed E-state index contributed by atoms with van der Waals surface area (Å²) >= 11 is 0. The summed E-state index contributed by atoms with van der Waals surface area (Å²) < 4.78 is 92.5. The van der Waals surface area contributed by atoms with Gasteiger partial charge in [0, 0.05) is 35.6 Å². The maximum Gasteiger partial charge on any atom is 0.427 e. The van der Waals surface area contributed by atoms with Gasteiger partial charge in [0.15, 0.2) is 0 Å². The maximum absolute atomic E-state index is 15.0. The minimum atomic E-state index is -4.93. The number of allylic oxidation sites excluding steroid dienone is 1. The molecule has 2 aromatic heterocycles. The highest BCUT2D eigenvalue weighted by molar-refractivity contribution is 7.91. The summed E-state index contributed by atoms with van der Waals surface area (Å²) in [5, 5.41) is 5.73. The Morgan fingerprint density at radius 2 is 1.77 bits per heavy atom. The van der Waals surface area contributed by atoms with Crippen LogP contribution in [0.5, 0.6) is 17.5 Å². The van der Waals surface area contributed by atoms with Crippen molar-refractivity contribution in [2.24, 2.45) is 17.8 Å². The highest BCUT2D eigenvalue weighted by atomic mass is 32.2. The van der Waals surface area contributed by atoms with Gasteiger partial charge in [-0.3, -0.25) is 19.1 Å². The van der Waals surface area contributed by atoms with Gasteiger partial charge in [-0.1, -0.05) is 26.0 Å². The number of alkyl halides is 3. The lowest BCUT2D eigenvalue weighted by atomic mass is 9.88. The van der Waals surface area contributed by atoms with Crippen molar-refractivity contribution in [1.82, 2.24) is 30.2 Å². The number of fused-ring (bicyclic) bond motifs is 3. The molecule has 2 aliphatic heterocycles. The third-order valence-corrected chi connectivity index (χ3v) is 14.4. The van der Waals surface area contributed by atoms with Crippen LogP contribution in [-0.4, -0.2) is 108 Å². The average Bonchev–Trinajstić information content (AvgIpc) is 4.17. The van der Waals surface area contributed by atoms with Crippen LogP contribution in [0.1, 0.15) is 86.5 Å². The Balaban J connectivity index is 1.26. The minimum absolute atomic E-state index is 0.0601. The summed E-state index contributed by atoms with van der Waals surface area (Å²) in [4.78, 5) is 67.4. The number of amides is 4. The number of aromatic nitrogens is 2. The predicted octanol–water partition coefficient (Wildman–Crippen LogP) is 6.37. The molecule has 16 nitrogen and oxygen atoms in total. The minimum Gasteiger partial charge on any atom is -0.497 e. The molecule has 3 fully saturated rings. The fourth-order valence-electron chi connectivity index (χ4n) is 8.51. The number of hydrogen-bond acceptors (Lipinski definition) is 12. The van der Waals surface area contributed by atoms with Crippen LogP contribution in [0.25, 0.3) is 22.0 Å². The van der Waals surface area contributed by atoms with Crippen molar-refractivity contribution in [3.8, 4) is 28.8 Å². The first-order chi connectivity index (χ1) is 31.0. The number of nitrogens with zero attached hydrogens (tertiary/aromatic N) is 3. The second kappa shape index (κ2) is 18.6. The lowest BCUT2D eigenvalue weighted by Gasteiger charge is -2.34. The van der Waals surface area contributed by atoms with E-state index >= 15 is 0 Å². The smallest absolute Gasteiger partial charge is 0.427 e. The lowest BCUT2D eigenvalue weighted by molar-refractivity contribution is -0.244. The SMILES string of the molecule is COc1ccc2c(O[C@@H]3C[C@H]4C(=O)N[C@]5(C(=O)NS(=O)(=O)C6CC6)C[C@H]5/C=C\CC[C@H](C)C[C@@H](C)[C@H](NC(=O)OC(C)(C)C(F)(F)F)C(=O)N4C3)nc(-c3ccc(OC(C)C)nc3)cc2c1. The number of sulfonamides is 1. The van der Waals surface area contributed by atoms with Crippen LogP contribution < -0.4 is 29.6 Å². The van der Waals surface area contributed by atoms with Crippen molar-refractivity contribution in [2.75, 3.05) is 13.7 Å². The van der Waals surface area contributed by atoms with E-state index in [1.807, 2.05) is 32.9 Å². The Bertz CT molecular complexity index is 2480. The summed E-state index contributed by atoms with van der Waals surface area (Å²) in [7, 11) is -2.49. The number of alkyl carbamates (subject to hydrolysis) is 1. The molecule has 4 amide bonds. The zero-order valence-electron chi connectivity index (χ0n) is 37.9. The van der Waals surface area contributed by atoms with E-state index in [0.29, 0.717) is 79.6 Å². The zero-order chi connectivity index (χ0) is 47.9. The molecule has 0 radical (unpaired) electrons. The van der Waals surface area contributed by atoms with Gasteiger partial charge in [0.05, 0.1) is 30.7 Å². The Morgan fingerprint density at radius 1 is 1.03 bits per heavy atom. The molecule has 4 aliphatic rings. The molecule has 7 atom stereocenters. The third kappa shape index (κ3) is 10.6. The molecule has 7 rings (SSSR count). The van der Waals surface area contributed by atoms with Gasteiger partial charge in [-0.15, -0.1) is 0 Å². The van der Waals surface area contributed by atoms with Gasteiger partial charge in [-0.05, 0) is 114 Å². The van der Waals surface area contributed by atoms with E-state index in [-0.39, 0.29) is 37.3 Å². The number of pyridine rings is 2. The molecule has 2 saturated carbocycles. The summed E-state index contributed by atoms with van der Waals surface area (Å²) in [5.41, 5.74) is -3.49. The first-order valence-electron chi connectivity index (χ1n) is 22.2. The standard InChI is InChI=1S/C46H57F3N6O10S/c1-25(2)63-37-17-12-28(23-50-37)35-20-29-19-31(62-7)13-16-34(29)40(51-35)64-32-21-36-39(56)53-45(42(58)54-66(60,61)33-14-15-33)22-30(45)11-9-8-10-26(3)18-27(4)38(41(57)55(36)24-32)52-43(59)65-44(5,6)46(47,48)49/h9,11-13,16-17,19-20,23,25-27,30,32-33,36,38H,8,10,14-15,18,21-22,24H2,1-7H3,(H,52,59)(H,53,56)(H,54,58)/b11-9-/t26-,27+,30+,32+,36-,38-,45+/m0/s1. The van der Waals surface area contributed by atoms with Crippen LogP contribution in [0, 0.1) is 17.8 Å². The first kappa shape index (κ1) is 48.3. The van der Waals surface area contributed by atoms with E-state index in [2.05, 4.69) is 20.3 Å². The molecule has 0 bridgehead atoms. The Hall–Kier alpha value is -5.66. The van der Waals surface area contributed by atoms with Gasteiger partial charge in [-0.2, -0.15) is 13.2 Å². The highest BCUT2D eigenvalue weighted by Gasteiger charge is 2.62. The van der Waals surface area contributed by atoms with Crippen molar-refractivity contribution in [3.63, 3.8) is 0 Å². The van der Waals surface area contributed by atoms with E-state index < -0.39 is 86.4 Å². The van der Waals surface area contributed by atoms with Crippen molar-refractivity contribution in [1.29, 1.82) is 0 Å². The molecule has 4 heterocycles. The topological polar surface area (TPSA) is 204 Å². The number of hydrogen-bond donors (Lipinski definition) is 3. The first-order valence-corrected chi connectivity index (χ1v) is 23.7. The highest BCUT2D eigenvalue weighted by Crippen LogP contribution is 2.46. The molecule has 20 heteroatoms. The fraction of sp³-hybridized carbons (Fsp3) is 0.565. The molecule has 3 aromatic rings. The van der Waals surface area contributed by atoms with Crippen LogP contribution in [0.3, 0.4) is 0 Å². The van der Waals surface area contributed by atoms with Gasteiger partial charge in [0.2, 0.25) is 39.2 Å². The van der Waals surface area contributed by atoms with Gasteiger partial charge >= 0.3 is 12.3 Å². The summed E-state index contributed by atoms with van der Waals surface area (Å²) in [6, 6.07) is 7.74. The van der Waals surface area contributed by atoms with Gasteiger partial charge in [0.1, 0.15) is 29.5 Å². The molecule has 1 saturated heterocycles. The van der Waals surface area contributed by atoms with Crippen molar-refractivity contribution in [3.05, 3.63) is 54.7 Å². The number of halogens is 3.